The molecule has 2 aromatic carbocycles. The fourth-order valence-corrected chi connectivity index (χ4v) is 7.79. The van der Waals surface area contributed by atoms with Gasteiger partial charge in [0.25, 0.3) is 0 Å². The Kier molecular flexibility index (Phi) is 7.54. The standard InChI is InChI=1S/C32H30ClF2N5O2S/c1-6-22(41)38-14-19-15-43-30-24-29(26(35)23(25(30)33)20-9-7-8-10-21(20)34)40(28-17(4)11-12-36-27(28)16(2)3)32(42)37-31(24)39(19)13-18(38)5/h6-12,16,18-19H,1,13-15H2,2-5H3. The first-order chi connectivity index (χ1) is 20.5. The van der Waals surface area contributed by atoms with E-state index in [9.17, 15) is 9.59 Å². The van der Waals surface area contributed by atoms with Gasteiger partial charge < -0.3 is 9.80 Å². The molecule has 1 fully saturated rings. The highest BCUT2D eigenvalue weighted by molar-refractivity contribution is 7.99. The normalized spacial score (nSPS) is 18.1. The molecule has 2 aliphatic heterocycles. The summed E-state index contributed by atoms with van der Waals surface area (Å²) in [5.41, 5.74) is 0.910. The Labute approximate surface area is 257 Å². The molecule has 0 saturated carbocycles. The fourth-order valence-electron chi connectivity index (χ4n) is 6.14. The molecule has 4 aromatic rings. The summed E-state index contributed by atoms with van der Waals surface area (Å²) in [6.07, 6.45) is 2.95. The van der Waals surface area contributed by atoms with E-state index in [0.717, 1.165) is 0 Å². The van der Waals surface area contributed by atoms with Gasteiger partial charge >= 0.3 is 5.69 Å². The summed E-state index contributed by atoms with van der Waals surface area (Å²) in [7, 11) is 0. The second-order valence-corrected chi connectivity index (χ2v) is 12.7. The Morgan fingerprint density at radius 2 is 1.95 bits per heavy atom. The van der Waals surface area contributed by atoms with Gasteiger partial charge in [-0.25, -0.2) is 13.6 Å². The van der Waals surface area contributed by atoms with E-state index < -0.39 is 17.3 Å². The Hall–Kier alpha value is -3.76. The van der Waals surface area contributed by atoms with Crippen molar-refractivity contribution in [3.8, 4) is 16.8 Å². The van der Waals surface area contributed by atoms with Gasteiger partial charge in [-0.05, 0) is 43.5 Å². The average molecular weight is 622 g/mol. The molecule has 0 spiro atoms. The largest absolute Gasteiger partial charge is 0.354 e. The zero-order chi connectivity index (χ0) is 30.7. The highest BCUT2D eigenvalue weighted by Gasteiger charge is 2.40. The number of fused-ring (bicyclic) bond motifs is 2. The van der Waals surface area contributed by atoms with Crippen LogP contribution in [0.15, 0.2) is 58.9 Å². The van der Waals surface area contributed by atoms with Gasteiger partial charge in [0.15, 0.2) is 5.82 Å². The van der Waals surface area contributed by atoms with Crippen LogP contribution in [0.1, 0.15) is 37.9 Å². The Bertz CT molecular complexity index is 1880. The average Bonchev–Trinajstić information content (AvgIpc) is 3.12. The minimum atomic E-state index is -0.819. The van der Waals surface area contributed by atoms with Crippen LogP contribution >= 0.6 is 23.4 Å². The van der Waals surface area contributed by atoms with E-state index in [0.29, 0.717) is 51.9 Å². The van der Waals surface area contributed by atoms with E-state index in [-0.39, 0.29) is 45.6 Å². The number of nitrogens with zero attached hydrogens (tertiary/aromatic N) is 5. The number of hydrogen-bond acceptors (Lipinski definition) is 6. The van der Waals surface area contributed by atoms with Gasteiger partial charge in [-0.1, -0.05) is 50.2 Å². The molecular formula is C32H30ClF2N5O2S. The number of benzene rings is 2. The number of hydrogen-bond donors (Lipinski definition) is 0. The van der Waals surface area contributed by atoms with Gasteiger partial charge in [-0.3, -0.25) is 14.3 Å². The summed E-state index contributed by atoms with van der Waals surface area (Å²) >= 11 is 8.39. The van der Waals surface area contributed by atoms with Gasteiger partial charge in [0.1, 0.15) is 11.6 Å². The molecule has 1 saturated heterocycles. The minimum Gasteiger partial charge on any atom is -0.348 e. The van der Waals surface area contributed by atoms with Crippen molar-refractivity contribution in [2.75, 3.05) is 23.7 Å². The molecule has 0 bridgehead atoms. The summed E-state index contributed by atoms with van der Waals surface area (Å²) in [5.74, 6) is -0.970. The van der Waals surface area contributed by atoms with Crippen LogP contribution in [0.5, 0.6) is 0 Å². The van der Waals surface area contributed by atoms with E-state index in [1.807, 2.05) is 32.6 Å². The van der Waals surface area contributed by atoms with Crippen molar-refractivity contribution in [1.82, 2.24) is 19.4 Å². The maximum absolute atomic E-state index is 17.2. The van der Waals surface area contributed by atoms with E-state index in [1.165, 1.54) is 40.6 Å². The summed E-state index contributed by atoms with van der Waals surface area (Å²) in [6, 6.07) is 7.16. The summed E-state index contributed by atoms with van der Waals surface area (Å²) in [6.45, 7) is 12.0. The third-order valence-corrected chi connectivity index (χ3v) is 9.95. The van der Waals surface area contributed by atoms with E-state index in [4.69, 9.17) is 11.6 Å². The Balaban J connectivity index is 1.75. The lowest BCUT2D eigenvalue weighted by atomic mass is 9.99. The SMILES string of the molecule is C=CC(=O)N1CC2CSc3c(Cl)c(-c4ccccc4F)c(F)c4c3c(nc(=O)n4-c3c(C)ccnc3C(C)C)N2CC1C. The fraction of sp³-hybridized carbons (Fsp3) is 0.312. The van der Waals surface area contributed by atoms with Crippen LogP contribution in [0, 0.1) is 18.6 Å². The van der Waals surface area contributed by atoms with Crippen molar-refractivity contribution in [1.29, 1.82) is 0 Å². The number of rotatable bonds is 4. The summed E-state index contributed by atoms with van der Waals surface area (Å²) < 4.78 is 33.7. The van der Waals surface area contributed by atoms with Gasteiger partial charge in [0, 0.05) is 47.1 Å². The smallest absolute Gasteiger partial charge is 0.348 e. The van der Waals surface area contributed by atoms with E-state index in [1.54, 1.807) is 23.2 Å². The number of carbonyl (C=O) groups excluding carboxylic acids is 1. The Morgan fingerprint density at radius 3 is 2.65 bits per heavy atom. The molecule has 0 N–H and O–H groups in total. The highest BCUT2D eigenvalue weighted by Crippen LogP contribution is 2.49. The van der Waals surface area contributed by atoms with Crippen LogP contribution in [0.4, 0.5) is 14.6 Å². The minimum absolute atomic E-state index is 0.00792. The first kappa shape index (κ1) is 29.3. The molecular weight excluding hydrogens is 592 g/mol. The molecule has 2 aromatic heterocycles. The predicted molar refractivity (Wildman–Crippen MR) is 168 cm³/mol. The molecule has 7 nitrogen and oxygen atoms in total. The van der Waals surface area contributed by atoms with Crippen molar-refractivity contribution >= 4 is 46.0 Å². The predicted octanol–water partition coefficient (Wildman–Crippen LogP) is 6.51. The van der Waals surface area contributed by atoms with Crippen LogP contribution in [0.2, 0.25) is 5.02 Å². The number of pyridine rings is 1. The van der Waals surface area contributed by atoms with Gasteiger partial charge in [-0.2, -0.15) is 4.98 Å². The highest BCUT2D eigenvalue weighted by atomic mass is 35.5. The topological polar surface area (TPSA) is 71.3 Å². The van der Waals surface area contributed by atoms with Crippen molar-refractivity contribution in [3.63, 3.8) is 0 Å². The monoisotopic (exact) mass is 621 g/mol. The lowest BCUT2D eigenvalue weighted by molar-refractivity contribution is -0.128. The number of thioether (sulfide) groups is 1. The molecule has 2 atom stereocenters. The lowest BCUT2D eigenvalue weighted by Crippen LogP contribution is -2.60. The molecule has 43 heavy (non-hydrogen) atoms. The second kappa shape index (κ2) is 11.1. The molecule has 2 unspecified atom stereocenters. The van der Waals surface area contributed by atoms with Crippen molar-refractivity contribution < 1.29 is 13.6 Å². The number of amides is 1. The number of carbonyl (C=O) groups is 1. The molecule has 2 aliphatic rings. The number of aromatic nitrogens is 3. The molecule has 6 rings (SSSR count). The van der Waals surface area contributed by atoms with E-state index >= 15 is 8.78 Å². The maximum atomic E-state index is 17.2. The van der Waals surface area contributed by atoms with Crippen molar-refractivity contribution in [2.24, 2.45) is 0 Å². The summed E-state index contributed by atoms with van der Waals surface area (Å²) in [4.78, 5) is 40.2. The quantitative estimate of drug-likeness (QED) is 0.242. The molecule has 1 amide bonds. The van der Waals surface area contributed by atoms with Crippen LogP contribution < -0.4 is 10.6 Å². The Morgan fingerprint density at radius 1 is 1.21 bits per heavy atom. The van der Waals surface area contributed by atoms with E-state index in [2.05, 4.69) is 16.5 Å². The number of anilines is 1. The zero-order valence-electron chi connectivity index (χ0n) is 24.2. The number of aryl methyl sites for hydroxylation is 1. The van der Waals surface area contributed by atoms with Crippen LogP contribution in [0.25, 0.3) is 27.7 Å². The molecule has 4 heterocycles. The number of piperazine rings is 1. The van der Waals surface area contributed by atoms with Crippen molar-refractivity contribution in [3.05, 3.63) is 87.6 Å². The van der Waals surface area contributed by atoms with Crippen molar-refractivity contribution in [2.45, 2.75) is 50.6 Å². The number of halogens is 3. The first-order valence-electron chi connectivity index (χ1n) is 14.1. The second-order valence-electron chi connectivity index (χ2n) is 11.3. The van der Waals surface area contributed by atoms with Gasteiger partial charge in [0.05, 0.1) is 33.3 Å². The lowest BCUT2D eigenvalue weighted by Gasteiger charge is -2.45. The third kappa shape index (κ3) is 4.62. The van der Waals surface area contributed by atoms with Crippen LogP contribution in [-0.2, 0) is 4.79 Å². The maximum Gasteiger partial charge on any atom is 0.354 e. The summed E-state index contributed by atoms with van der Waals surface area (Å²) in [5, 5.41) is 0.426. The molecule has 0 aliphatic carbocycles. The third-order valence-electron chi connectivity index (χ3n) is 8.21. The molecule has 0 radical (unpaired) electrons. The van der Waals surface area contributed by atoms with Gasteiger partial charge in [-0.15, -0.1) is 11.8 Å². The van der Waals surface area contributed by atoms with Crippen LogP contribution in [0.3, 0.4) is 0 Å². The molecule has 11 heteroatoms. The molecule has 222 valence electrons. The van der Waals surface area contributed by atoms with Crippen LogP contribution in [-0.4, -0.2) is 56.3 Å². The van der Waals surface area contributed by atoms with Gasteiger partial charge in [0.2, 0.25) is 5.91 Å². The first-order valence-corrected chi connectivity index (χ1v) is 15.4. The zero-order valence-corrected chi connectivity index (χ0v) is 25.8.